The molecular weight excluding hydrogens is 611 g/mol. The lowest BCUT2D eigenvalue weighted by molar-refractivity contribution is 1.03. The number of aromatic nitrogens is 5. The van der Waals surface area contributed by atoms with Gasteiger partial charge in [-0.2, -0.15) is 0 Å². The minimum absolute atomic E-state index is 0.617. The maximum absolute atomic E-state index is 5.00. The summed E-state index contributed by atoms with van der Waals surface area (Å²) in [5, 5.41) is 2.23. The smallest absolute Gasteiger partial charge is 0.164 e. The Labute approximate surface area is 291 Å². The summed E-state index contributed by atoms with van der Waals surface area (Å²) in [4.78, 5) is 24.3. The van der Waals surface area contributed by atoms with Crippen molar-refractivity contribution < 1.29 is 0 Å². The van der Waals surface area contributed by atoms with Crippen molar-refractivity contribution in [2.75, 3.05) is 0 Å². The third kappa shape index (κ3) is 6.20. The molecule has 3 aromatic heterocycles. The third-order valence-electron chi connectivity index (χ3n) is 8.97. The molecular formula is C45H33N5. The van der Waals surface area contributed by atoms with E-state index in [4.69, 9.17) is 15.0 Å². The summed E-state index contributed by atoms with van der Waals surface area (Å²) in [6, 6.07) is 47.8. The van der Waals surface area contributed by atoms with Crippen LogP contribution in [-0.2, 0) is 0 Å². The minimum Gasteiger partial charge on any atom is -0.256 e. The van der Waals surface area contributed by atoms with Crippen LogP contribution in [0.2, 0.25) is 0 Å². The van der Waals surface area contributed by atoms with Gasteiger partial charge in [-0.05, 0) is 53.8 Å². The van der Waals surface area contributed by atoms with Crippen LogP contribution < -0.4 is 0 Å². The van der Waals surface area contributed by atoms with E-state index in [-0.39, 0.29) is 0 Å². The first-order valence-electron chi connectivity index (χ1n) is 16.7. The fourth-order valence-electron chi connectivity index (χ4n) is 6.23. The second-order valence-electron chi connectivity index (χ2n) is 12.3. The van der Waals surface area contributed by atoms with E-state index in [1.165, 1.54) is 5.56 Å². The molecule has 0 fully saturated rings. The molecule has 0 aliphatic heterocycles. The third-order valence-corrected chi connectivity index (χ3v) is 8.97. The van der Waals surface area contributed by atoms with E-state index in [0.717, 1.165) is 66.3 Å². The lowest BCUT2D eigenvalue weighted by Crippen LogP contribution is -2.02. The van der Waals surface area contributed by atoms with Gasteiger partial charge in [-0.15, -0.1) is 0 Å². The van der Waals surface area contributed by atoms with E-state index < -0.39 is 0 Å². The van der Waals surface area contributed by atoms with Crippen LogP contribution in [0.15, 0.2) is 164 Å². The molecule has 238 valence electrons. The molecule has 3 heterocycles. The highest BCUT2D eigenvalue weighted by Gasteiger charge is 2.13. The number of allylic oxidation sites excluding steroid dienone is 4. The van der Waals surface area contributed by atoms with Gasteiger partial charge >= 0.3 is 0 Å². The molecule has 0 unspecified atom stereocenters. The minimum atomic E-state index is 0.617. The zero-order valence-corrected chi connectivity index (χ0v) is 27.8. The molecule has 5 nitrogen and oxygen atoms in total. The van der Waals surface area contributed by atoms with Crippen LogP contribution in [0.3, 0.4) is 0 Å². The quantitative estimate of drug-likeness (QED) is 0.162. The van der Waals surface area contributed by atoms with E-state index in [2.05, 4.69) is 150 Å². The first kappa shape index (κ1) is 30.7. The van der Waals surface area contributed by atoms with Crippen LogP contribution in [0.1, 0.15) is 25.2 Å². The summed E-state index contributed by atoms with van der Waals surface area (Å²) in [6.45, 7) is 4.15. The van der Waals surface area contributed by atoms with Crippen molar-refractivity contribution in [2.24, 2.45) is 0 Å². The van der Waals surface area contributed by atoms with Crippen molar-refractivity contribution >= 4 is 33.0 Å². The van der Waals surface area contributed by atoms with Crippen molar-refractivity contribution in [3.05, 3.63) is 175 Å². The van der Waals surface area contributed by atoms with Gasteiger partial charge in [0.05, 0.1) is 11.0 Å². The topological polar surface area (TPSA) is 64.5 Å². The van der Waals surface area contributed by atoms with E-state index >= 15 is 0 Å². The molecule has 0 saturated carbocycles. The zero-order valence-electron chi connectivity index (χ0n) is 27.8. The number of pyridine rings is 2. The van der Waals surface area contributed by atoms with Gasteiger partial charge in [0.25, 0.3) is 0 Å². The predicted octanol–water partition coefficient (Wildman–Crippen LogP) is 11.1. The number of benzene rings is 5. The maximum atomic E-state index is 5.00. The van der Waals surface area contributed by atoms with Gasteiger partial charge in [-0.25, -0.2) is 15.0 Å². The summed E-state index contributed by atoms with van der Waals surface area (Å²) >= 11 is 0. The van der Waals surface area contributed by atoms with Gasteiger partial charge in [-0.1, -0.05) is 140 Å². The summed E-state index contributed by atoms with van der Waals surface area (Å²) in [5.74, 6) is 1.87. The summed E-state index contributed by atoms with van der Waals surface area (Å²) in [6.07, 6.45) is 7.87. The Morgan fingerprint density at radius 3 is 1.62 bits per heavy atom. The fourth-order valence-corrected chi connectivity index (χ4v) is 6.23. The second-order valence-corrected chi connectivity index (χ2v) is 12.3. The van der Waals surface area contributed by atoms with Gasteiger partial charge in [0.1, 0.15) is 0 Å². The summed E-state index contributed by atoms with van der Waals surface area (Å²) < 4.78 is 0. The van der Waals surface area contributed by atoms with Crippen molar-refractivity contribution in [3.63, 3.8) is 0 Å². The Morgan fingerprint density at radius 1 is 0.420 bits per heavy atom. The largest absolute Gasteiger partial charge is 0.256 e. The molecule has 50 heavy (non-hydrogen) atoms. The lowest BCUT2D eigenvalue weighted by Gasteiger charge is -2.10. The number of hydrogen-bond donors (Lipinski definition) is 0. The highest BCUT2D eigenvalue weighted by atomic mass is 15.0. The maximum Gasteiger partial charge on any atom is 0.164 e. The molecule has 0 bridgehead atoms. The molecule has 0 aliphatic carbocycles. The van der Waals surface area contributed by atoms with Crippen molar-refractivity contribution in [3.8, 4) is 45.0 Å². The summed E-state index contributed by atoms with van der Waals surface area (Å²) in [7, 11) is 0. The average molecular weight is 644 g/mol. The normalized spacial score (nSPS) is 12.0. The molecule has 0 atom stereocenters. The van der Waals surface area contributed by atoms with E-state index in [0.29, 0.717) is 17.5 Å². The first-order valence-corrected chi connectivity index (χ1v) is 16.7. The lowest BCUT2D eigenvalue weighted by atomic mass is 10.0. The van der Waals surface area contributed by atoms with Gasteiger partial charge in [0, 0.05) is 45.4 Å². The first-order chi connectivity index (χ1) is 24.6. The zero-order chi connectivity index (χ0) is 33.9. The van der Waals surface area contributed by atoms with Crippen LogP contribution in [0.5, 0.6) is 0 Å². The highest BCUT2D eigenvalue weighted by molar-refractivity contribution is 5.94. The average Bonchev–Trinajstić information content (AvgIpc) is 3.19. The van der Waals surface area contributed by atoms with Crippen molar-refractivity contribution in [1.29, 1.82) is 0 Å². The SMILES string of the molecule is C/C(=C\C=C(/C)c1cccc2cccnc12)c1nc(-c2ccc(-c3ccccc3)cc2)nc(-c2ccc(-c3cccc4cccnc34)cc2)n1. The fraction of sp³-hybridized carbons (Fsp3) is 0.0444. The number of nitrogens with zero attached hydrogens (tertiary/aromatic N) is 5. The van der Waals surface area contributed by atoms with Gasteiger partial charge in [0.15, 0.2) is 17.5 Å². The summed E-state index contributed by atoms with van der Waals surface area (Å²) in [5.41, 5.74) is 11.4. The Kier molecular flexibility index (Phi) is 8.29. The number of fused-ring (bicyclic) bond motifs is 2. The monoisotopic (exact) mass is 643 g/mol. The molecule has 0 saturated heterocycles. The molecule has 0 spiro atoms. The van der Waals surface area contributed by atoms with Crippen LogP contribution in [0, 0.1) is 0 Å². The van der Waals surface area contributed by atoms with Crippen molar-refractivity contribution in [2.45, 2.75) is 13.8 Å². The molecule has 8 aromatic rings. The Morgan fingerprint density at radius 2 is 0.940 bits per heavy atom. The van der Waals surface area contributed by atoms with Crippen LogP contribution in [0.25, 0.3) is 78.0 Å². The Balaban J connectivity index is 1.19. The number of rotatable bonds is 7. The molecule has 0 radical (unpaired) electrons. The molecule has 0 amide bonds. The van der Waals surface area contributed by atoms with Crippen LogP contribution in [0.4, 0.5) is 0 Å². The van der Waals surface area contributed by atoms with Crippen molar-refractivity contribution in [1.82, 2.24) is 24.9 Å². The number of hydrogen-bond acceptors (Lipinski definition) is 5. The highest BCUT2D eigenvalue weighted by Crippen LogP contribution is 2.31. The van der Waals surface area contributed by atoms with Crippen LogP contribution in [-0.4, -0.2) is 24.9 Å². The standard InChI is InChI=1S/C45H33N5/c1-30(39-16-6-12-35-14-8-28-46-41(35)39)18-19-31(2)43-48-44(37-24-20-33(21-25-37)32-10-4-3-5-11-32)50-45(49-43)38-26-22-34(23-27-38)40-17-7-13-36-15-9-29-47-42(36)40/h3-29H,1-2H3/b30-18+,31-19+. The van der Waals surface area contributed by atoms with Gasteiger partial charge in [0.2, 0.25) is 0 Å². The Hall–Kier alpha value is -6.59. The second kappa shape index (κ2) is 13.5. The molecule has 0 aliphatic rings. The Bertz CT molecular complexity index is 2520. The van der Waals surface area contributed by atoms with Crippen LogP contribution >= 0.6 is 0 Å². The molecule has 5 aromatic carbocycles. The van der Waals surface area contributed by atoms with E-state index in [1.54, 1.807) is 0 Å². The predicted molar refractivity (Wildman–Crippen MR) is 206 cm³/mol. The van der Waals surface area contributed by atoms with E-state index in [9.17, 15) is 0 Å². The molecule has 0 N–H and O–H groups in total. The van der Waals surface area contributed by atoms with Gasteiger partial charge in [-0.3, -0.25) is 9.97 Å². The molecule has 5 heteroatoms. The van der Waals surface area contributed by atoms with E-state index in [1.807, 2.05) is 37.5 Å². The van der Waals surface area contributed by atoms with Gasteiger partial charge < -0.3 is 0 Å². The molecule has 8 rings (SSSR count). The number of para-hydroxylation sites is 2.